The van der Waals surface area contributed by atoms with Crippen molar-refractivity contribution in [1.29, 1.82) is 0 Å². The third-order valence-electron chi connectivity index (χ3n) is 6.30. The van der Waals surface area contributed by atoms with Gasteiger partial charge in [0.25, 0.3) is 5.91 Å². The molecular formula is C21H27N3O5. The zero-order valence-corrected chi connectivity index (χ0v) is 16.8. The Morgan fingerprint density at radius 1 is 1.24 bits per heavy atom. The fourth-order valence-corrected chi connectivity index (χ4v) is 4.51. The first-order chi connectivity index (χ1) is 13.9. The van der Waals surface area contributed by atoms with E-state index in [9.17, 15) is 14.4 Å². The Morgan fingerprint density at radius 2 is 1.97 bits per heavy atom. The van der Waals surface area contributed by atoms with Gasteiger partial charge in [0.05, 0.1) is 6.04 Å². The van der Waals surface area contributed by atoms with Crippen molar-refractivity contribution in [3.8, 4) is 11.5 Å². The number of ether oxygens (including phenoxy) is 2. The molecule has 1 aromatic rings. The summed E-state index contributed by atoms with van der Waals surface area (Å²) >= 11 is 0. The van der Waals surface area contributed by atoms with E-state index >= 15 is 0 Å². The summed E-state index contributed by atoms with van der Waals surface area (Å²) in [5, 5.41) is 5.70. The van der Waals surface area contributed by atoms with Crippen molar-refractivity contribution in [2.24, 2.45) is 5.92 Å². The fraction of sp³-hybridized carbons (Fsp3) is 0.571. The molecular weight excluding hydrogens is 374 g/mol. The van der Waals surface area contributed by atoms with Crippen molar-refractivity contribution in [2.45, 2.75) is 57.5 Å². The zero-order valence-electron chi connectivity index (χ0n) is 16.8. The molecule has 1 aliphatic carbocycles. The summed E-state index contributed by atoms with van der Waals surface area (Å²) in [7, 11) is 0. The van der Waals surface area contributed by atoms with Crippen LogP contribution in [0.1, 0.15) is 57.6 Å². The zero-order chi connectivity index (χ0) is 20.6. The monoisotopic (exact) mass is 401 g/mol. The number of carbonyl (C=O) groups excluding carboxylic acids is 3. The lowest BCUT2D eigenvalue weighted by molar-refractivity contribution is -0.136. The van der Waals surface area contributed by atoms with Gasteiger partial charge in [0.15, 0.2) is 11.5 Å². The van der Waals surface area contributed by atoms with Gasteiger partial charge in [-0.25, -0.2) is 4.79 Å². The molecule has 4 amide bonds. The molecule has 0 aromatic heterocycles. The minimum absolute atomic E-state index is 0.119. The van der Waals surface area contributed by atoms with E-state index in [1.54, 1.807) is 13.0 Å². The highest BCUT2D eigenvalue weighted by molar-refractivity contribution is 6.09. The van der Waals surface area contributed by atoms with Gasteiger partial charge in [-0.1, -0.05) is 25.3 Å². The van der Waals surface area contributed by atoms with Gasteiger partial charge in [-0.3, -0.25) is 14.5 Å². The number of nitrogens with zero attached hydrogens (tertiary/aromatic N) is 1. The SMILES string of the molecule is C[C@@H](NC(=O)CN1C(=O)N[C@](C)(C2CCCCC2)C1=O)c1ccc2c(c1)OCO2. The third-order valence-corrected chi connectivity index (χ3v) is 6.30. The van der Waals surface area contributed by atoms with E-state index in [0.717, 1.165) is 36.1 Å². The summed E-state index contributed by atoms with van der Waals surface area (Å²) in [6, 6.07) is 4.68. The Kier molecular flexibility index (Phi) is 5.10. The van der Waals surface area contributed by atoms with Crippen LogP contribution >= 0.6 is 0 Å². The molecule has 8 nitrogen and oxygen atoms in total. The highest BCUT2D eigenvalue weighted by Crippen LogP contribution is 2.36. The molecule has 1 aromatic carbocycles. The lowest BCUT2D eigenvalue weighted by Crippen LogP contribution is -2.51. The maximum Gasteiger partial charge on any atom is 0.325 e. The number of carbonyl (C=O) groups is 3. The normalized spacial score (nSPS) is 25.1. The molecule has 0 unspecified atom stereocenters. The number of nitrogens with one attached hydrogen (secondary N) is 2. The van der Waals surface area contributed by atoms with Crippen LogP contribution in [-0.4, -0.2) is 41.6 Å². The lowest BCUT2D eigenvalue weighted by Gasteiger charge is -2.34. The average Bonchev–Trinajstić information content (AvgIpc) is 3.27. The molecule has 1 saturated carbocycles. The molecule has 0 radical (unpaired) electrons. The number of rotatable bonds is 5. The van der Waals surface area contributed by atoms with Crippen molar-refractivity contribution in [2.75, 3.05) is 13.3 Å². The molecule has 4 rings (SSSR count). The maximum atomic E-state index is 13.0. The summed E-state index contributed by atoms with van der Waals surface area (Å²) in [5.41, 5.74) is -0.0624. The van der Waals surface area contributed by atoms with Crippen molar-refractivity contribution in [1.82, 2.24) is 15.5 Å². The number of amides is 4. The van der Waals surface area contributed by atoms with E-state index in [1.165, 1.54) is 6.42 Å². The number of urea groups is 1. The highest BCUT2D eigenvalue weighted by atomic mass is 16.7. The van der Waals surface area contributed by atoms with Crippen LogP contribution in [0, 0.1) is 5.92 Å². The van der Waals surface area contributed by atoms with E-state index in [-0.39, 0.29) is 37.1 Å². The standard InChI is InChI=1S/C21H27N3O5/c1-13(14-8-9-16-17(10-14)29-12-28-16)22-18(25)11-24-19(26)21(2,23-20(24)27)15-6-4-3-5-7-15/h8-10,13,15H,3-7,11-12H2,1-2H3,(H,22,25)(H,23,27)/t13-,21-/m1/s1. The number of hydrogen-bond acceptors (Lipinski definition) is 5. The number of benzene rings is 1. The van der Waals surface area contributed by atoms with Crippen molar-refractivity contribution in [3.63, 3.8) is 0 Å². The molecule has 0 bridgehead atoms. The van der Waals surface area contributed by atoms with Gasteiger partial charge in [0.1, 0.15) is 12.1 Å². The van der Waals surface area contributed by atoms with Gasteiger partial charge in [-0.2, -0.15) is 0 Å². The second-order valence-corrected chi connectivity index (χ2v) is 8.26. The van der Waals surface area contributed by atoms with Gasteiger partial charge in [-0.15, -0.1) is 0 Å². The fourth-order valence-electron chi connectivity index (χ4n) is 4.51. The average molecular weight is 401 g/mol. The van der Waals surface area contributed by atoms with Crippen LogP contribution in [0.15, 0.2) is 18.2 Å². The second kappa shape index (κ2) is 7.57. The van der Waals surface area contributed by atoms with Gasteiger partial charge >= 0.3 is 6.03 Å². The first-order valence-electron chi connectivity index (χ1n) is 10.2. The van der Waals surface area contributed by atoms with Crippen LogP contribution in [0.4, 0.5) is 4.79 Å². The van der Waals surface area contributed by atoms with Gasteiger partial charge in [0, 0.05) is 0 Å². The van der Waals surface area contributed by atoms with Crippen molar-refractivity contribution < 1.29 is 23.9 Å². The third kappa shape index (κ3) is 3.63. The Bertz CT molecular complexity index is 836. The summed E-state index contributed by atoms with van der Waals surface area (Å²) in [6.45, 7) is 3.52. The topological polar surface area (TPSA) is 97.0 Å². The Hall–Kier alpha value is -2.77. The van der Waals surface area contributed by atoms with Crippen LogP contribution in [0.5, 0.6) is 11.5 Å². The van der Waals surface area contributed by atoms with E-state index in [0.29, 0.717) is 11.5 Å². The molecule has 0 spiro atoms. The molecule has 2 aliphatic heterocycles. The minimum atomic E-state index is -0.916. The highest BCUT2D eigenvalue weighted by Gasteiger charge is 2.52. The van der Waals surface area contributed by atoms with Crippen LogP contribution in [-0.2, 0) is 9.59 Å². The summed E-state index contributed by atoms with van der Waals surface area (Å²) in [4.78, 5) is 39.0. The lowest BCUT2D eigenvalue weighted by atomic mass is 9.75. The predicted molar refractivity (Wildman–Crippen MR) is 104 cm³/mol. The molecule has 2 N–H and O–H groups in total. The van der Waals surface area contributed by atoms with Crippen LogP contribution in [0.25, 0.3) is 0 Å². The molecule has 2 fully saturated rings. The Balaban J connectivity index is 1.39. The van der Waals surface area contributed by atoms with Crippen LogP contribution in [0.3, 0.4) is 0 Å². The van der Waals surface area contributed by atoms with Crippen LogP contribution < -0.4 is 20.1 Å². The summed E-state index contributed by atoms with van der Waals surface area (Å²) < 4.78 is 10.7. The van der Waals surface area contributed by atoms with Gasteiger partial charge < -0.3 is 20.1 Å². The molecule has 1 saturated heterocycles. The number of imide groups is 1. The first kappa shape index (κ1) is 19.5. The van der Waals surface area contributed by atoms with Crippen molar-refractivity contribution >= 4 is 17.8 Å². The molecule has 29 heavy (non-hydrogen) atoms. The molecule has 2 atom stereocenters. The molecule has 2 heterocycles. The number of hydrogen-bond donors (Lipinski definition) is 2. The molecule has 3 aliphatic rings. The van der Waals surface area contributed by atoms with E-state index in [4.69, 9.17) is 9.47 Å². The van der Waals surface area contributed by atoms with E-state index < -0.39 is 11.6 Å². The molecule has 8 heteroatoms. The van der Waals surface area contributed by atoms with Crippen molar-refractivity contribution in [3.05, 3.63) is 23.8 Å². The quantitative estimate of drug-likeness (QED) is 0.739. The first-order valence-corrected chi connectivity index (χ1v) is 10.2. The minimum Gasteiger partial charge on any atom is -0.454 e. The Morgan fingerprint density at radius 3 is 2.72 bits per heavy atom. The van der Waals surface area contributed by atoms with E-state index in [1.807, 2.05) is 19.1 Å². The van der Waals surface area contributed by atoms with E-state index in [2.05, 4.69) is 10.6 Å². The van der Waals surface area contributed by atoms with Gasteiger partial charge in [0.2, 0.25) is 12.7 Å². The summed E-state index contributed by atoms with van der Waals surface area (Å²) in [6.07, 6.45) is 5.14. The number of fused-ring (bicyclic) bond motifs is 1. The maximum absolute atomic E-state index is 13.0. The second-order valence-electron chi connectivity index (χ2n) is 8.26. The Labute approximate surface area is 169 Å². The van der Waals surface area contributed by atoms with Gasteiger partial charge in [-0.05, 0) is 50.3 Å². The largest absolute Gasteiger partial charge is 0.454 e. The van der Waals surface area contributed by atoms with Crippen LogP contribution in [0.2, 0.25) is 0 Å². The summed E-state index contributed by atoms with van der Waals surface area (Å²) in [5.74, 6) is 0.745. The smallest absolute Gasteiger partial charge is 0.325 e. The predicted octanol–water partition coefficient (Wildman–Crippen LogP) is 2.48. The molecule has 156 valence electrons.